The van der Waals surface area contributed by atoms with E-state index in [9.17, 15) is 9.59 Å². The molecule has 3 rings (SSSR count). The molecule has 0 aliphatic heterocycles. The molecule has 0 aliphatic carbocycles. The van der Waals surface area contributed by atoms with Crippen molar-refractivity contribution in [2.75, 3.05) is 19.5 Å². The smallest absolute Gasteiger partial charge is 0.262 e. The lowest BCUT2D eigenvalue weighted by Crippen LogP contribution is -2.24. The van der Waals surface area contributed by atoms with Gasteiger partial charge in [0.05, 0.1) is 29.9 Å². The number of Topliss-reactive ketones (excluding diaryl/α,β-unsaturated/α-hetero) is 1. The second-order valence-electron chi connectivity index (χ2n) is 7.23. The number of carbonyl (C=O) groups excluding carboxylic acids is 1. The maximum Gasteiger partial charge on any atom is 0.262 e. The molecule has 2 aromatic carbocycles. The van der Waals surface area contributed by atoms with Gasteiger partial charge in [-0.1, -0.05) is 35.5 Å². The Hall–Kier alpha value is -2.35. The summed E-state index contributed by atoms with van der Waals surface area (Å²) in [6.07, 6.45) is 0.791. The van der Waals surface area contributed by atoms with Crippen LogP contribution in [0.3, 0.4) is 0 Å². The molecule has 0 unspecified atom stereocenters. The van der Waals surface area contributed by atoms with Crippen molar-refractivity contribution in [2.24, 2.45) is 0 Å². The molecule has 0 radical (unpaired) electrons. The van der Waals surface area contributed by atoms with Crippen molar-refractivity contribution in [1.29, 1.82) is 0 Å². The maximum atomic E-state index is 13.1. The number of carbonyl (C=O) groups is 1. The fourth-order valence-electron chi connectivity index (χ4n) is 3.03. The van der Waals surface area contributed by atoms with E-state index in [4.69, 9.17) is 21.1 Å². The lowest BCUT2D eigenvalue weighted by molar-refractivity contribution is 0.0743. The lowest BCUT2D eigenvalue weighted by atomic mass is 10.1. The molecular formula is C23H25ClN2O4S. The lowest BCUT2D eigenvalue weighted by Gasteiger charge is -2.14. The molecule has 1 heterocycles. The Labute approximate surface area is 190 Å². The predicted octanol–water partition coefficient (Wildman–Crippen LogP) is 4.85. The van der Waals surface area contributed by atoms with Crippen molar-refractivity contribution < 1.29 is 14.3 Å². The molecule has 0 fully saturated rings. The summed E-state index contributed by atoms with van der Waals surface area (Å²) in [6, 6.07) is 12.0. The van der Waals surface area contributed by atoms with Gasteiger partial charge >= 0.3 is 0 Å². The zero-order valence-corrected chi connectivity index (χ0v) is 19.3. The van der Waals surface area contributed by atoms with Gasteiger partial charge in [0, 0.05) is 23.7 Å². The summed E-state index contributed by atoms with van der Waals surface area (Å²) in [5.74, 6) is 0.698. The highest BCUT2D eigenvalue weighted by atomic mass is 35.5. The van der Waals surface area contributed by atoms with Crippen molar-refractivity contribution in [3.8, 4) is 5.75 Å². The molecule has 8 heteroatoms. The Balaban J connectivity index is 1.86. The quantitative estimate of drug-likeness (QED) is 0.186. The first-order chi connectivity index (χ1) is 14.9. The van der Waals surface area contributed by atoms with E-state index in [0.717, 1.165) is 0 Å². The zero-order chi connectivity index (χ0) is 22.4. The van der Waals surface area contributed by atoms with E-state index in [-0.39, 0.29) is 23.2 Å². The molecule has 0 bridgehead atoms. The number of hydrogen-bond acceptors (Lipinski definition) is 6. The minimum absolute atomic E-state index is 0.0703. The Morgan fingerprint density at radius 3 is 2.77 bits per heavy atom. The summed E-state index contributed by atoms with van der Waals surface area (Å²) in [4.78, 5) is 30.4. The molecule has 6 nitrogen and oxygen atoms in total. The summed E-state index contributed by atoms with van der Waals surface area (Å²) in [7, 11) is 1.56. The molecule has 0 spiro atoms. The zero-order valence-electron chi connectivity index (χ0n) is 17.8. The SMILES string of the molecule is COc1cccc(C(=O)CSc2nc3cc(Cl)ccc3c(=O)n2CCCOC(C)C)c1. The molecule has 3 aromatic rings. The first-order valence-electron chi connectivity index (χ1n) is 10.0. The summed E-state index contributed by atoms with van der Waals surface area (Å²) >= 11 is 7.33. The van der Waals surface area contributed by atoms with E-state index in [1.165, 1.54) is 11.8 Å². The van der Waals surface area contributed by atoms with Crippen LogP contribution in [0.1, 0.15) is 30.6 Å². The van der Waals surface area contributed by atoms with Gasteiger partial charge in [0.2, 0.25) is 0 Å². The van der Waals surface area contributed by atoms with E-state index in [1.54, 1.807) is 54.1 Å². The number of aromatic nitrogens is 2. The van der Waals surface area contributed by atoms with Crippen LogP contribution in [0.15, 0.2) is 52.4 Å². The van der Waals surface area contributed by atoms with Crippen LogP contribution >= 0.6 is 23.4 Å². The van der Waals surface area contributed by atoms with Gasteiger partial charge in [0.25, 0.3) is 5.56 Å². The number of thioether (sulfide) groups is 1. The highest BCUT2D eigenvalue weighted by Crippen LogP contribution is 2.22. The van der Waals surface area contributed by atoms with E-state index in [1.807, 2.05) is 13.8 Å². The number of ether oxygens (including phenoxy) is 2. The molecule has 1 aromatic heterocycles. The van der Waals surface area contributed by atoms with Crippen molar-refractivity contribution in [1.82, 2.24) is 9.55 Å². The molecule has 0 aliphatic rings. The third-order valence-electron chi connectivity index (χ3n) is 4.58. The number of hydrogen-bond donors (Lipinski definition) is 0. The fourth-order valence-corrected chi connectivity index (χ4v) is 4.12. The van der Waals surface area contributed by atoms with Crippen molar-refractivity contribution in [2.45, 2.75) is 38.1 Å². The monoisotopic (exact) mass is 460 g/mol. The Morgan fingerprint density at radius 1 is 1.23 bits per heavy atom. The van der Waals surface area contributed by atoms with E-state index in [0.29, 0.717) is 52.0 Å². The molecule has 0 saturated carbocycles. The first-order valence-corrected chi connectivity index (χ1v) is 11.4. The molecular weight excluding hydrogens is 436 g/mol. The van der Waals surface area contributed by atoms with Crippen LogP contribution in [0.25, 0.3) is 10.9 Å². The summed E-state index contributed by atoms with van der Waals surface area (Å²) in [5.41, 5.74) is 0.918. The Morgan fingerprint density at radius 2 is 2.03 bits per heavy atom. The van der Waals surface area contributed by atoms with Crippen LogP contribution in [-0.2, 0) is 11.3 Å². The molecule has 0 amide bonds. The topological polar surface area (TPSA) is 70.4 Å². The third kappa shape index (κ3) is 6.09. The number of benzene rings is 2. The van der Waals surface area contributed by atoms with Gasteiger partial charge in [0.15, 0.2) is 10.9 Å². The standard InChI is InChI=1S/C23H25ClN2O4S/c1-15(2)30-11-5-10-26-22(28)19-9-8-17(24)13-20(19)25-23(26)31-14-21(27)16-6-4-7-18(12-16)29-3/h4,6-9,12-13,15H,5,10-11,14H2,1-3H3. The average molecular weight is 461 g/mol. The van der Waals surface area contributed by atoms with Gasteiger partial charge in [-0.3, -0.25) is 14.2 Å². The number of fused-ring (bicyclic) bond motifs is 1. The van der Waals surface area contributed by atoms with Crippen LogP contribution in [0, 0.1) is 0 Å². The summed E-state index contributed by atoms with van der Waals surface area (Å²) in [6.45, 7) is 4.93. The number of nitrogens with zero attached hydrogens (tertiary/aromatic N) is 2. The van der Waals surface area contributed by atoms with Crippen LogP contribution in [0.5, 0.6) is 5.75 Å². The number of ketones is 1. The third-order valence-corrected chi connectivity index (χ3v) is 5.80. The summed E-state index contributed by atoms with van der Waals surface area (Å²) in [5, 5.41) is 1.49. The fraction of sp³-hybridized carbons (Fsp3) is 0.348. The van der Waals surface area contributed by atoms with Crippen LogP contribution < -0.4 is 10.3 Å². The van der Waals surface area contributed by atoms with E-state index < -0.39 is 0 Å². The van der Waals surface area contributed by atoms with Gasteiger partial charge in [0.1, 0.15) is 5.75 Å². The highest BCUT2D eigenvalue weighted by Gasteiger charge is 2.15. The molecule has 0 atom stereocenters. The largest absolute Gasteiger partial charge is 0.497 e. The van der Waals surface area contributed by atoms with Gasteiger partial charge in [-0.05, 0) is 50.6 Å². The van der Waals surface area contributed by atoms with Gasteiger partial charge in [-0.2, -0.15) is 0 Å². The molecule has 0 N–H and O–H groups in total. The normalized spacial score (nSPS) is 11.3. The second-order valence-corrected chi connectivity index (χ2v) is 8.61. The Kier molecular flexibility index (Phi) is 8.12. The maximum absolute atomic E-state index is 13.1. The molecule has 164 valence electrons. The minimum atomic E-state index is -0.150. The Bertz CT molecular complexity index is 1130. The van der Waals surface area contributed by atoms with E-state index in [2.05, 4.69) is 4.98 Å². The van der Waals surface area contributed by atoms with E-state index >= 15 is 0 Å². The molecule has 0 saturated heterocycles. The number of rotatable bonds is 10. The second kappa shape index (κ2) is 10.8. The number of methoxy groups -OCH3 is 1. The average Bonchev–Trinajstić information content (AvgIpc) is 2.76. The van der Waals surface area contributed by atoms with Crippen molar-refractivity contribution in [3.05, 3.63) is 63.4 Å². The minimum Gasteiger partial charge on any atom is -0.497 e. The van der Waals surface area contributed by atoms with Gasteiger partial charge < -0.3 is 9.47 Å². The van der Waals surface area contributed by atoms with Crippen LogP contribution in [-0.4, -0.2) is 40.9 Å². The van der Waals surface area contributed by atoms with Gasteiger partial charge in [-0.15, -0.1) is 0 Å². The molecule has 31 heavy (non-hydrogen) atoms. The van der Waals surface area contributed by atoms with Crippen molar-refractivity contribution in [3.63, 3.8) is 0 Å². The van der Waals surface area contributed by atoms with Crippen LogP contribution in [0.4, 0.5) is 0 Å². The van der Waals surface area contributed by atoms with Crippen molar-refractivity contribution >= 4 is 40.0 Å². The first kappa shape index (κ1) is 23.3. The van der Waals surface area contributed by atoms with Crippen LogP contribution in [0.2, 0.25) is 5.02 Å². The highest BCUT2D eigenvalue weighted by molar-refractivity contribution is 7.99. The summed E-state index contributed by atoms with van der Waals surface area (Å²) < 4.78 is 12.4. The number of halogens is 1. The predicted molar refractivity (Wildman–Crippen MR) is 125 cm³/mol. The van der Waals surface area contributed by atoms with Gasteiger partial charge in [-0.25, -0.2) is 4.98 Å².